The van der Waals surface area contributed by atoms with Crippen LogP contribution >= 0.6 is 0 Å². The number of carbonyl (C=O) groups is 2. The van der Waals surface area contributed by atoms with Gasteiger partial charge in [-0.05, 0) is 38.0 Å². The van der Waals surface area contributed by atoms with Gasteiger partial charge in [-0.25, -0.2) is 13.1 Å². The Morgan fingerprint density at radius 3 is 2.48 bits per heavy atom. The fourth-order valence-corrected chi connectivity index (χ4v) is 4.20. The minimum atomic E-state index is -3.86. The third-order valence-corrected chi connectivity index (χ3v) is 5.65. The highest BCUT2D eigenvalue weighted by atomic mass is 32.2. The van der Waals surface area contributed by atoms with Crippen molar-refractivity contribution < 1.29 is 27.9 Å². The van der Waals surface area contributed by atoms with E-state index < -0.39 is 27.9 Å². The lowest BCUT2D eigenvalue weighted by Crippen LogP contribution is -2.38. The molecule has 1 fully saturated rings. The average molecular weight is 370 g/mol. The molecule has 1 aliphatic rings. The van der Waals surface area contributed by atoms with Gasteiger partial charge in [0.05, 0.1) is 7.11 Å². The highest BCUT2D eigenvalue weighted by molar-refractivity contribution is 7.89. The molecular formula is C16H22N2O6S. The standard InChI is InChI=1S/C16H22N2O6S/c1-10(16(20)21)17-15(19)11-7-8-13(24-2)14(9-11)25(22,23)18-12-5-3-4-6-12/h7-10,12,18H,3-6H2,1-2H3,(H,17,19)(H,20,21)/t10-/m0/s1. The summed E-state index contributed by atoms with van der Waals surface area (Å²) < 4.78 is 33.1. The second-order valence-corrected chi connectivity index (χ2v) is 7.68. The summed E-state index contributed by atoms with van der Waals surface area (Å²) in [6, 6.07) is 2.74. The first-order valence-electron chi connectivity index (χ1n) is 7.98. The van der Waals surface area contributed by atoms with Crippen LogP contribution in [-0.2, 0) is 14.8 Å². The number of methoxy groups -OCH3 is 1. The number of hydrogen-bond acceptors (Lipinski definition) is 5. The van der Waals surface area contributed by atoms with Crippen LogP contribution in [0.15, 0.2) is 23.1 Å². The van der Waals surface area contributed by atoms with Gasteiger partial charge < -0.3 is 15.2 Å². The van der Waals surface area contributed by atoms with E-state index in [1.807, 2.05) is 0 Å². The van der Waals surface area contributed by atoms with Crippen LogP contribution in [0.5, 0.6) is 5.75 Å². The van der Waals surface area contributed by atoms with Gasteiger partial charge in [0.15, 0.2) is 0 Å². The molecule has 3 N–H and O–H groups in total. The van der Waals surface area contributed by atoms with Crippen LogP contribution in [0.3, 0.4) is 0 Å². The molecule has 2 rings (SSSR count). The van der Waals surface area contributed by atoms with E-state index in [9.17, 15) is 18.0 Å². The topological polar surface area (TPSA) is 122 Å². The van der Waals surface area contributed by atoms with Gasteiger partial charge in [-0.2, -0.15) is 0 Å². The van der Waals surface area contributed by atoms with Gasteiger partial charge in [-0.15, -0.1) is 0 Å². The molecule has 0 spiro atoms. The monoisotopic (exact) mass is 370 g/mol. The van der Waals surface area contributed by atoms with E-state index in [-0.39, 0.29) is 22.3 Å². The summed E-state index contributed by atoms with van der Waals surface area (Å²) >= 11 is 0. The minimum absolute atomic E-state index is 0.0423. The molecule has 0 heterocycles. The highest BCUT2D eigenvalue weighted by Crippen LogP contribution is 2.27. The maximum Gasteiger partial charge on any atom is 0.325 e. The second-order valence-electron chi connectivity index (χ2n) is 6.00. The van der Waals surface area contributed by atoms with Gasteiger partial charge in [0, 0.05) is 11.6 Å². The van der Waals surface area contributed by atoms with Crippen molar-refractivity contribution in [2.24, 2.45) is 0 Å². The van der Waals surface area contributed by atoms with Crippen molar-refractivity contribution >= 4 is 21.9 Å². The van der Waals surface area contributed by atoms with Crippen molar-refractivity contribution in [3.8, 4) is 5.75 Å². The summed E-state index contributed by atoms with van der Waals surface area (Å²) in [7, 11) is -2.52. The maximum atomic E-state index is 12.7. The Hall–Kier alpha value is -2.13. The predicted molar refractivity (Wildman–Crippen MR) is 90.1 cm³/mol. The lowest BCUT2D eigenvalue weighted by molar-refractivity contribution is -0.138. The van der Waals surface area contributed by atoms with Crippen molar-refractivity contribution in [1.82, 2.24) is 10.0 Å². The molecule has 1 atom stereocenters. The van der Waals surface area contributed by atoms with E-state index >= 15 is 0 Å². The molecular weight excluding hydrogens is 348 g/mol. The smallest absolute Gasteiger partial charge is 0.325 e. The first-order chi connectivity index (χ1) is 11.7. The molecule has 0 saturated heterocycles. The number of sulfonamides is 1. The third-order valence-electron chi connectivity index (χ3n) is 4.11. The number of ether oxygens (including phenoxy) is 1. The Kier molecular flexibility index (Phi) is 6.02. The summed E-state index contributed by atoms with van der Waals surface area (Å²) in [5.41, 5.74) is 0.0423. The fraction of sp³-hybridized carbons (Fsp3) is 0.500. The molecule has 1 aromatic carbocycles. The molecule has 8 nitrogen and oxygen atoms in total. The van der Waals surface area contributed by atoms with E-state index in [1.54, 1.807) is 0 Å². The Labute approximate surface area is 146 Å². The van der Waals surface area contributed by atoms with Gasteiger partial charge in [-0.3, -0.25) is 9.59 Å². The molecule has 1 amide bonds. The molecule has 0 unspecified atom stereocenters. The van der Waals surface area contributed by atoms with Gasteiger partial charge in [-0.1, -0.05) is 12.8 Å². The molecule has 9 heteroatoms. The van der Waals surface area contributed by atoms with Crippen molar-refractivity contribution in [3.05, 3.63) is 23.8 Å². The summed E-state index contributed by atoms with van der Waals surface area (Å²) in [6.45, 7) is 1.32. The minimum Gasteiger partial charge on any atom is -0.495 e. The van der Waals surface area contributed by atoms with Crippen molar-refractivity contribution in [2.45, 2.75) is 49.6 Å². The third kappa shape index (κ3) is 4.70. The number of carboxylic acids is 1. The number of carbonyl (C=O) groups excluding carboxylic acids is 1. The van der Waals surface area contributed by atoms with Crippen LogP contribution in [0.1, 0.15) is 43.0 Å². The number of benzene rings is 1. The Balaban J connectivity index is 2.29. The zero-order chi connectivity index (χ0) is 18.6. The molecule has 0 aliphatic heterocycles. The Bertz CT molecular complexity index is 756. The summed E-state index contributed by atoms with van der Waals surface area (Å²) in [6.07, 6.45) is 3.50. The molecule has 25 heavy (non-hydrogen) atoms. The van der Waals surface area contributed by atoms with E-state index in [2.05, 4.69) is 10.0 Å². The zero-order valence-corrected chi connectivity index (χ0v) is 14.9. The number of aliphatic carboxylic acids is 1. The largest absolute Gasteiger partial charge is 0.495 e. The normalized spacial score (nSPS) is 16.4. The van der Waals surface area contributed by atoms with Crippen LogP contribution in [0.25, 0.3) is 0 Å². The zero-order valence-electron chi connectivity index (χ0n) is 14.1. The maximum absolute atomic E-state index is 12.7. The summed E-state index contributed by atoms with van der Waals surface area (Å²) in [5, 5.41) is 11.2. The van der Waals surface area contributed by atoms with Crippen molar-refractivity contribution in [1.29, 1.82) is 0 Å². The van der Waals surface area contributed by atoms with Crippen LogP contribution < -0.4 is 14.8 Å². The van der Waals surface area contributed by atoms with Gasteiger partial charge in [0.25, 0.3) is 5.91 Å². The predicted octanol–water partition coefficient (Wildman–Crippen LogP) is 1.12. The van der Waals surface area contributed by atoms with Crippen molar-refractivity contribution in [2.75, 3.05) is 7.11 Å². The molecule has 138 valence electrons. The fourth-order valence-electron chi connectivity index (χ4n) is 2.70. The van der Waals surface area contributed by atoms with Crippen LogP contribution in [-0.4, -0.2) is 44.6 Å². The van der Waals surface area contributed by atoms with Gasteiger partial charge in [0.2, 0.25) is 10.0 Å². The quantitative estimate of drug-likeness (QED) is 0.661. The summed E-state index contributed by atoms with van der Waals surface area (Å²) in [5.74, 6) is -1.74. The van der Waals surface area contributed by atoms with E-state index in [4.69, 9.17) is 9.84 Å². The lowest BCUT2D eigenvalue weighted by Gasteiger charge is -2.16. The van der Waals surface area contributed by atoms with Crippen LogP contribution in [0.2, 0.25) is 0 Å². The summed E-state index contributed by atoms with van der Waals surface area (Å²) in [4.78, 5) is 22.9. The number of amides is 1. The lowest BCUT2D eigenvalue weighted by atomic mass is 10.2. The van der Waals surface area contributed by atoms with Gasteiger partial charge in [0.1, 0.15) is 16.7 Å². The van der Waals surface area contributed by atoms with Crippen molar-refractivity contribution in [3.63, 3.8) is 0 Å². The van der Waals surface area contributed by atoms with E-state index in [0.717, 1.165) is 25.7 Å². The molecule has 1 aromatic rings. The molecule has 1 aliphatic carbocycles. The average Bonchev–Trinajstić information content (AvgIpc) is 3.06. The number of nitrogens with one attached hydrogen (secondary N) is 2. The highest BCUT2D eigenvalue weighted by Gasteiger charge is 2.27. The van der Waals surface area contributed by atoms with E-state index in [1.165, 1.54) is 32.2 Å². The van der Waals surface area contributed by atoms with E-state index in [0.29, 0.717) is 0 Å². The molecule has 0 bridgehead atoms. The Morgan fingerprint density at radius 2 is 1.92 bits per heavy atom. The molecule has 0 radical (unpaired) electrons. The number of carboxylic acid groups (broad SMARTS) is 1. The molecule has 0 aromatic heterocycles. The van der Waals surface area contributed by atoms with Crippen LogP contribution in [0, 0.1) is 0 Å². The second kappa shape index (κ2) is 7.83. The first-order valence-corrected chi connectivity index (χ1v) is 9.47. The number of rotatable bonds is 7. The van der Waals surface area contributed by atoms with Gasteiger partial charge >= 0.3 is 5.97 Å². The SMILES string of the molecule is COc1ccc(C(=O)N[C@@H](C)C(=O)O)cc1S(=O)(=O)NC1CCCC1. The molecule has 1 saturated carbocycles. The van der Waals surface area contributed by atoms with Crippen LogP contribution in [0.4, 0.5) is 0 Å². The first kappa shape index (κ1) is 19.2. The number of hydrogen-bond donors (Lipinski definition) is 3. The Morgan fingerprint density at radius 1 is 1.28 bits per heavy atom.